The predicted molar refractivity (Wildman–Crippen MR) is 120 cm³/mol. The van der Waals surface area contributed by atoms with Crippen molar-refractivity contribution in [3.8, 4) is 11.5 Å². The topological polar surface area (TPSA) is 81.8 Å². The van der Waals surface area contributed by atoms with Crippen LogP contribution in [0.25, 0.3) is 11.5 Å². The molecule has 3 unspecified atom stereocenters. The van der Waals surface area contributed by atoms with Crippen molar-refractivity contribution >= 4 is 5.97 Å². The molecule has 3 aromatic rings. The van der Waals surface area contributed by atoms with Gasteiger partial charge in [-0.3, -0.25) is 0 Å². The number of benzene rings is 2. The third kappa shape index (κ3) is 5.31. The summed E-state index contributed by atoms with van der Waals surface area (Å²) in [6.45, 7) is 2.13. The molecule has 33 heavy (non-hydrogen) atoms. The van der Waals surface area contributed by atoms with Crippen molar-refractivity contribution in [3.05, 3.63) is 76.9 Å². The Morgan fingerprint density at radius 3 is 2.79 bits per heavy atom. The summed E-state index contributed by atoms with van der Waals surface area (Å²) in [4.78, 5) is 16.7. The van der Waals surface area contributed by atoms with E-state index >= 15 is 0 Å². The minimum absolute atomic E-state index is 0.0268. The number of nitrogens with zero attached hydrogens (tertiary/aromatic N) is 1. The molecule has 1 N–H and O–H groups in total. The standard InChI is InChI=1S/C26H28FNO5/c1-16-5-3-8-22(23(16)26(30)31-2)24(29)18-6-4-7-21(13-18)32-14-20-15-33-25(28-20)17-9-11-19(27)12-10-17/h3,5,8-12,15,18,21,24,29H,4,6-7,13-14H2,1-2H3. The van der Waals surface area contributed by atoms with E-state index in [0.29, 0.717) is 34.7 Å². The molecule has 1 aliphatic carbocycles. The van der Waals surface area contributed by atoms with Crippen LogP contribution in [0.2, 0.25) is 0 Å². The van der Waals surface area contributed by atoms with Crippen molar-refractivity contribution in [2.75, 3.05) is 7.11 Å². The smallest absolute Gasteiger partial charge is 0.338 e. The lowest BCUT2D eigenvalue weighted by Gasteiger charge is -2.33. The first-order chi connectivity index (χ1) is 16.0. The molecule has 0 radical (unpaired) electrons. The fraction of sp³-hybridized carbons (Fsp3) is 0.385. The molecule has 4 rings (SSSR count). The Bertz CT molecular complexity index is 1090. The molecule has 1 aromatic heterocycles. The number of halogens is 1. The Morgan fingerprint density at radius 1 is 1.24 bits per heavy atom. The maximum Gasteiger partial charge on any atom is 0.338 e. The normalized spacial score (nSPS) is 19.3. The largest absolute Gasteiger partial charge is 0.465 e. The lowest BCUT2D eigenvalue weighted by Crippen LogP contribution is -2.27. The zero-order valence-electron chi connectivity index (χ0n) is 18.8. The second-order valence-corrected chi connectivity index (χ2v) is 8.49. The monoisotopic (exact) mass is 453 g/mol. The molecule has 2 aromatic carbocycles. The van der Waals surface area contributed by atoms with Crippen LogP contribution in [0.1, 0.15) is 59.0 Å². The highest BCUT2D eigenvalue weighted by molar-refractivity contribution is 5.92. The minimum atomic E-state index is -0.775. The third-order valence-corrected chi connectivity index (χ3v) is 6.24. The number of esters is 1. The van der Waals surface area contributed by atoms with Gasteiger partial charge in [-0.05, 0) is 67.5 Å². The first-order valence-electron chi connectivity index (χ1n) is 11.1. The molecule has 0 aliphatic heterocycles. The van der Waals surface area contributed by atoms with Crippen molar-refractivity contribution in [1.29, 1.82) is 0 Å². The number of hydrogen-bond donors (Lipinski definition) is 1. The number of ether oxygens (including phenoxy) is 2. The van der Waals surface area contributed by atoms with Gasteiger partial charge in [-0.2, -0.15) is 0 Å². The molecule has 1 fully saturated rings. The van der Waals surface area contributed by atoms with Crippen molar-refractivity contribution in [2.24, 2.45) is 5.92 Å². The number of carbonyl (C=O) groups excluding carboxylic acids is 1. The number of oxazole rings is 1. The van der Waals surface area contributed by atoms with E-state index in [9.17, 15) is 14.3 Å². The first-order valence-corrected chi connectivity index (χ1v) is 11.1. The van der Waals surface area contributed by atoms with E-state index in [2.05, 4.69) is 4.98 Å². The quantitative estimate of drug-likeness (QED) is 0.484. The molecule has 1 saturated carbocycles. The van der Waals surface area contributed by atoms with Gasteiger partial charge >= 0.3 is 5.97 Å². The summed E-state index contributed by atoms with van der Waals surface area (Å²) < 4.78 is 29.7. The van der Waals surface area contributed by atoms with Crippen molar-refractivity contribution in [2.45, 2.75) is 51.4 Å². The second kappa shape index (κ2) is 10.3. The summed E-state index contributed by atoms with van der Waals surface area (Å²) in [6.07, 6.45) is 4.09. The number of aromatic nitrogens is 1. The number of aliphatic hydroxyl groups excluding tert-OH is 1. The SMILES string of the molecule is COC(=O)c1c(C)cccc1C(O)C1CCCC(OCc2coc(-c3ccc(F)cc3)n2)C1. The van der Waals surface area contributed by atoms with Crippen LogP contribution in [0.4, 0.5) is 4.39 Å². The first kappa shape index (κ1) is 23.1. The summed E-state index contributed by atoms with van der Waals surface area (Å²) in [7, 11) is 1.35. The molecule has 6 nitrogen and oxygen atoms in total. The van der Waals surface area contributed by atoms with Gasteiger partial charge in [-0.25, -0.2) is 14.2 Å². The summed E-state index contributed by atoms with van der Waals surface area (Å²) in [5.74, 6) is -0.359. The molecule has 0 bridgehead atoms. The predicted octanol–water partition coefficient (Wildman–Crippen LogP) is 5.38. The van der Waals surface area contributed by atoms with Gasteiger partial charge < -0.3 is 19.0 Å². The number of methoxy groups -OCH3 is 1. The molecule has 1 aliphatic rings. The highest BCUT2D eigenvalue weighted by Gasteiger charge is 2.31. The Balaban J connectivity index is 1.39. The molecular formula is C26H28FNO5. The van der Waals surface area contributed by atoms with Gasteiger partial charge in [0.1, 0.15) is 17.8 Å². The van der Waals surface area contributed by atoms with Gasteiger partial charge in [-0.15, -0.1) is 0 Å². The molecule has 0 amide bonds. The van der Waals surface area contributed by atoms with E-state index < -0.39 is 12.1 Å². The van der Waals surface area contributed by atoms with Gasteiger partial charge in [0.2, 0.25) is 5.89 Å². The van der Waals surface area contributed by atoms with Gasteiger partial charge in [-0.1, -0.05) is 24.6 Å². The van der Waals surface area contributed by atoms with E-state index in [1.807, 2.05) is 19.1 Å². The number of aryl methyl sites for hydroxylation is 1. The van der Waals surface area contributed by atoms with Crippen molar-refractivity contribution < 1.29 is 28.2 Å². The summed E-state index contributed by atoms with van der Waals surface area (Å²) in [5, 5.41) is 11.1. The number of aliphatic hydroxyl groups is 1. The van der Waals surface area contributed by atoms with Crippen LogP contribution in [-0.2, 0) is 16.1 Å². The van der Waals surface area contributed by atoms with Gasteiger partial charge in [0.15, 0.2) is 0 Å². The van der Waals surface area contributed by atoms with E-state index in [0.717, 1.165) is 24.8 Å². The fourth-order valence-electron chi connectivity index (χ4n) is 4.49. The van der Waals surface area contributed by atoms with E-state index in [1.165, 1.54) is 19.2 Å². The number of carbonyl (C=O) groups is 1. The molecule has 0 spiro atoms. The number of hydrogen-bond acceptors (Lipinski definition) is 6. The lowest BCUT2D eigenvalue weighted by atomic mass is 9.80. The molecule has 1 heterocycles. The second-order valence-electron chi connectivity index (χ2n) is 8.49. The van der Waals surface area contributed by atoms with Crippen molar-refractivity contribution in [1.82, 2.24) is 4.98 Å². The zero-order valence-corrected chi connectivity index (χ0v) is 18.8. The summed E-state index contributed by atoms with van der Waals surface area (Å²) in [6, 6.07) is 11.4. The Hall–Kier alpha value is -3.03. The minimum Gasteiger partial charge on any atom is -0.465 e. The van der Waals surface area contributed by atoms with Crippen LogP contribution in [0.15, 0.2) is 53.1 Å². The third-order valence-electron chi connectivity index (χ3n) is 6.24. The molecule has 7 heteroatoms. The van der Waals surface area contributed by atoms with Crippen LogP contribution >= 0.6 is 0 Å². The summed E-state index contributed by atoms with van der Waals surface area (Å²) >= 11 is 0. The Morgan fingerprint density at radius 2 is 2.03 bits per heavy atom. The maximum absolute atomic E-state index is 13.1. The van der Waals surface area contributed by atoms with E-state index in [-0.39, 0.29) is 24.4 Å². The van der Waals surface area contributed by atoms with Crippen LogP contribution in [0.5, 0.6) is 0 Å². The highest BCUT2D eigenvalue weighted by atomic mass is 19.1. The molecular weight excluding hydrogens is 425 g/mol. The molecule has 0 saturated heterocycles. The lowest BCUT2D eigenvalue weighted by molar-refractivity contribution is -0.0260. The fourth-order valence-corrected chi connectivity index (χ4v) is 4.49. The van der Waals surface area contributed by atoms with Crippen molar-refractivity contribution in [3.63, 3.8) is 0 Å². The van der Waals surface area contributed by atoms with Crippen LogP contribution in [-0.4, -0.2) is 29.3 Å². The Labute approximate surface area is 192 Å². The van der Waals surface area contributed by atoms with Crippen LogP contribution in [0, 0.1) is 18.7 Å². The van der Waals surface area contributed by atoms with Gasteiger partial charge in [0.25, 0.3) is 0 Å². The van der Waals surface area contributed by atoms with E-state index in [1.54, 1.807) is 24.5 Å². The average molecular weight is 454 g/mol. The van der Waals surface area contributed by atoms with Gasteiger partial charge in [0, 0.05) is 5.56 Å². The average Bonchev–Trinajstić information content (AvgIpc) is 3.31. The highest BCUT2D eigenvalue weighted by Crippen LogP contribution is 2.37. The number of rotatable bonds is 7. The molecule has 3 atom stereocenters. The summed E-state index contributed by atoms with van der Waals surface area (Å²) in [5.41, 5.74) is 3.18. The molecule has 174 valence electrons. The maximum atomic E-state index is 13.1. The zero-order chi connectivity index (χ0) is 23.4. The van der Waals surface area contributed by atoms with Crippen LogP contribution < -0.4 is 0 Å². The van der Waals surface area contributed by atoms with Crippen LogP contribution in [0.3, 0.4) is 0 Å². The van der Waals surface area contributed by atoms with Gasteiger partial charge in [0.05, 0.1) is 31.5 Å². The Kier molecular flexibility index (Phi) is 7.20. The van der Waals surface area contributed by atoms with E-state index in [4.69, 9.17) is 13.9 Å².